The van der Waals surface area contributed by atoms with Gasteiger partial charge in [0.15, 0.2) is 5.65 Å². The van der Waals surface area contributed by atoms with Crippen molar-refractivity contribution < 1.29 is 4.79 Å². The van der Waals surface area contributed by atoms with Crippen LogP contribution in [0.25, 0.3) is 5.65 Å². The minimum absolute atomic E-state index is 0.624. The van der Waals surface area contributed by atoms with Crippen LogP contribution in [0.3, 0.4) is 0 Å². The summed E-state index contributed by atoms with van der Waals surface area (Å²) in [5.74, 6) is 1.57. The Hall–Kier alpha value is -2.31. The SMILES string of the molecule is CC=O.CNc1cnn2c(N)cc(N3CCCC3)nc12. The van der Waals surface area contributed by atoms with Gasteiger partial charge < -0.3 is 20.7 Å². The number of nitrogens with zero attached hydrogens (tertiary/aromatic N) is 4. The first-order valence-corrected chi connectivity index (χ1v) is 6.68. The normalized spacial score (nSPS) is 14.0. The first-order valence-electron chi connectivity index (χ1n) is 6.68. The number of carbonyl (C=O) groups excluding carboxylic acids is 1. The molecule has 0 amide bonds. The van der Waals surface area contributed by atoms with E-state index >= 15 is 0 Å². The molecule has 1 saturated heterocycles. The van der Waals surface area contributed by atoms with E-state index in [0.717, 1.165) is 36.5 Å². The number of carbonyl (C=O) groups is 1. The molecule has 0 radical (unpaired) electrons. The molecule has 3 N–H and O–H groups in total. The van der Waals surface area contributed by atoms with Crippen LogP contribution >= 0.6 is 0 Å². The molecule has 0 spiro atoms. The number of nitrogens with two attached hydrogens (primary N) is 1. The molecule has 0 aromatic carbocycles. The lowest BCUT2D eigenvalue weighted by molar-refractivity contribution is -0.106. The summed E-state index contributed by atoms with van der Waals surface area (Å²) in [5.41, 5.74) is 7.69. The van der Waals surface area contributed by atoms with Crippen molar-refractivity contribution in [1.82, 2.24) is 14.6 Å². The van der Waals surface area contributed by atoms with Crippen LogP contribution in [0.2, 0.25) is 0 Å². The highest BCUT2D eigenvalue weighted by Gasteiger charge is 2.16. The number of hydrogen-bond donors (Lipinski definition) is 2. The van der Waals surface area contributed by atoms with E-state index in [1.54, 1.807) is 10.7 Å². The van der Waals surface area contributed by atoms with Crippen molar-refractivity contribution in [3.05, 3.63) is 12.3 Å². The van der Waals surface area contributed by atoms with Gasteiger partial charge >= 0.3 is 0 Å². The number of aromatic nitrogens is 3. The van der Waals surface area contributed by atoms with Crippen LogP contribution in [0.4, 0.5) is 17.3 Å². The fraction of sp³-hybridized carbons (Fsp3) is 0.462. The van der Waals surface area contributed by atoms with E-state index in [4.69, 9.17) is 10.5 Å². The molecule has 2 aromatic rings. The van der Waals surface area contributed by atoms with Crippen LogP contribution in [0.15, 0.2) is 12.3 Å². The van der Waals surface area contributed by atoms with Crippen LogP contribution in [-0.2, 0) is 4.79 Å². The quantitative estimate of drug-likeness (QED) is 0.800. The number of fused-ring (bicyclic) bond motifs is 1. The Labute approximate surface area is 117 Å². The predicted octanol–water partition coefficient (Wildman–Crippen LogP) is 1.16. The molecule has 0 atom stereocenters. The zero-order valence-corrected chi connectivity index (χ0v) is 11.8. The van der Waals surface area contributed by atoms with Gasteiger partial charge in [-0.2, -0.15) is 9.61 Å². The van der Waals surface area contributed by atoms with Gasteiger partial charge in [-0.15, -0.1) is 0 Å². The highest BCUT2D eigenvalue weighted by Crippen LogP contribution is 2.24. The predicted molar refractivity (Wildman–Crippen MR) is 80.1 cm³/mol. The molecule has 1 aliphatic heterocycles. The summed E-state index contributed by atoms with van der Waals surface area (Å²) in [7, 11) is 1.86. The zero-order chi connectivity index (χ0) is 14.5. The van der Waals surface area contributed by atoms with E-state index in [2.05, 4.69) is 20.3 Å². The molecule has 0 saturated carbocycles. The van der Waals surface area contributed by atoms with Gasteiger partial charge in [0.25, 0.3) is 0 Å². The fourth-order valence-electron chi connectivity index (χ4n) is 2.26. The van der Waals surface area contributed by atoms with E-state index in [1.165, 1.54) is 19.8 Å². The van der Waals surface area contributed by atoms with Gasteiger partial charge in [0.2, 0.25) is 0 Å². The number of aldehydes is 1. The molecule has 0 unspecified atom stereocenters. The first kappa shape index (κ1) is 14.1. The van der Waals surface area contributed by atoms with Crippen molar-refractivity contribution in [3.8, 4) is 0 Å². The highest BCUT2D eigenvalue weighted by atomic mass is 16.1. The topological polar surface area (TPSA) is 88.5 Å². The standard InChI is InChI=1S/C11H16N6.C2H4O/c1-13-8-7-14-17-9(12)6-10(15-11(8)17)16-4-2-3-5-16;1-2-3/h6-7,13H,2-5,12H2,1H3;2H,1H3. The third-order valence-corrected chi connectivity index (χ3v) is 3.19. The molecule has 2 aromatic heterocycles. The van der Waals surface area contributed by atoms with Crippen molar-refractivity contribution >= 4 is 29.3 Å². The summed E-state index contributed by atoms with van der Waals surface area (Å²) in [6, 6.07) is 1.89. The monoisotopic (exact) mass is 276 g/mol. The van der Waals surface area contributed by atoms with Gasteiger partial charge in [0.05, 0.1) is 11.9 Å². The minimum atomic E-state index is 0.624. The van der Waals surface area contributed by atoms with Crippen LogP contribution in [0.1, 0.15) is 19.8 Å². The van der Waals surface area contributed by atoms with Gasteiger partial charge in [0.1, 0.15) is 17.9 Å². The molecule has 3 rings (SSSR count). The summed E-state index contributed by atoms with van der Waals surface area (Å²) in [6.07, 6.45) is 4.95. The second-order valence-corrected chi connectivity index (χ2v) is 4.51. The molecule has 0 aliphatic carbocycles. The van der Waals surface area contributed by atoms with E-state index in [-0.39, 0.29) is 0 Å². The van der Waals surface area contributed by atoms with Crippen molar-refractivity contribution in [2.75, 3.05) is 36.1 Å². The number of anilines is 3. The third kappa shape index (κ3) is 2.66. The summed E-state index contributed by atoms with van der Waals surface area (Å²) >= 11 is 0. The Bertz CT molecular complexity index is 588. The van der Waals surface area contributed by atoms with Crippen LogP contribution in [-0.4, -0.2) is 41.0 Å². The molecule has 20 heavy (non-hydrogen) atoms. The number of nitrogens with one attached hydrogen (secondary N) is 1. The molecule has 3 heterocycles. The number of nitrogen functional groups attached to an aromatic ring is 1. The minimum Gasteiger partial charge on any atom is -0.384 e. The second-order valence-electron chi connectivity index (χ2n) is 4.51. The lowest BCUT2D eigenvalue weighted by Gasteiger charge is -2.17. The maximum Gasteiger partial charge on any atom is 0.182 e. The summed E-state index contributed by atoms with van der Waals surface area (Å²) in [6.45, 7) is 3.57. The Morgan fingerprint density at radius 3 is 2.65 bits per heavy atom. The van der Waals surface area contributed by atoms with Gasteiger partial charge in [-0.1, -0.05) is 0 Å². The summed E-state index contributed by atoms with van der Waals surface area (Å²) in [4.78, 5) is 15.7. The van der Waals surface area contributed by atoms with Crippen molar-refractivity contribution in [1.29, 1.82) is 0 Å². The summed E-state index contributed by atoms with van der Waals surface area (Å²) in [5, 5.41) is 7.28. The Balaban J connectivity index is 0.000000452. The average molecular weight is 276 g/mol. The van der Waals surface area contributed by atoms with Crippen LogP contribution < -0.4 is 16.0 Å². The molecular formula is C13H20N6O. The van der Waals surface area contributed by atoms with E-state index < -0.39 is 0 Å². The zero-order valence-electron chi connectivity index (χ0n) is 11.8. The second kappa shape index (κ2) is 6.23. The van der Waals surface area contributed by atoms with Crippen molar-refractivity contribution in [2.24, 2.45) is 0 Å². The largest absolute Gasteiger partial charge is 0.384 e. The smallest absolute Gasteiger partial charge is 0.182 e. The number of hydrogen-bond acceptors (Lipinski definition) is 6. The van der Waals surface area contributed by atoms with Gasteiger partial charge in [-0.3, -0.25) is 0 Å². The van der Waals surface area contributed by atoms with E-state index in [0.29, 0.717) is 5.82 Å². The van der Waals surface area contributed by atoms with Crippen molar-refractivity contribution in [2.45, 2.75) is 19.8 Å². The fourth-order valence-corrected chi connectivity index (χ4v) is 2.26. The molecule has 108 valence electrons. The molecule has 1 aliphatic rings. The van der Waals surface area contributed by atoms with Crippen LogP contribution in [0, 0.1) is 0 Å². The average Bonchev–Trinajstić information content (AvgIpc) is 3.08. The Kier molecular flexibility index (Phi) is 4.39. The van der Waals surface area contributed by atoms with Gasteiger partial charge in [-0.05, 0) is 19.8 Å². The highest BCUT2D eigenvalue weighted by molar-refractivity contribution is 5.71. The molecule has 1 fully saturated rings. The number of rotatable bonds is 2. The van der Waals surface area contributed by atoms with E-state index in [9.17, 15) is 0 Å². The van der Waals surface area contributed by atoms with Crippen LogP contribution in [0.5, 0.6) is 0 Å². The maximum absolute atomic E-state index is 8.81. The first-order chi connectivity index (χ1) is 9.71. The lowest BCUT2D eigenvalue weighted by atomic mass is 10.4. The van der Waals surface area contributed by atoms with Gasteiger partial charge in [-0.25, -0.2) is 4.98 Å². The molecule has 7 heteroatoms. The summed E-state index contributed by atoms with van der Waals surface area (Å²) < 4.78 is 1.66. The lowest BCUT2D eigenvalue weighted by Crippen LogP contribution is -2.20. The molecule has 7 nitrogen and oxygen atoms in total. The maximum atomic E-state index is 8.81. The van der Waals surface area contributed by atoms with Gasteiger partial charge in [0, 0.05) is 26.2 Å². The third-order valence-electron chi connectivity index (χ3n) is 3.19. The van der Waals surface area contributed by atoms with E-state index in [1.807, 2.05) is 13.1 Å². The Morgan fingerprint density at radius 2 is 2.05 bits per heavy atom. The Morgan fingerprint density at radius 1 is 1.40 bits per heavy atom. The van der Waals surface area contributed by atoms with Crippen molar-refractivity contribution in [3.63, 3.8) is 0 Å². The molecular weight excluding hydrogens is 256 g/mol. The molecule has 0 bridgehead atoms.